The van der Waals surface area contributed by atoms with E-state index in [1.54, 1.807) is 19.2 Å². The second-order valence-electron chi connectivity index (χ2n) is 7.92. The maximum Gasteiger partial charge on any atom is 0.253 e. The first-order valence-electron chi connectivity index (χ1n) is 9.22. The third-order valence-corrected chi connectivity index (χ3v) is 5.09. The Balaban J connectivity index is 1.89. The van der Waals surface area contributed by atoms with Crippen molar-refractivity contribution in [3.8, 4) is 5.75 Å². The van der Waals surface area contributed by atoms with Crippen molar-refractivity contribution in [3.63, 3.8) is 0 Å². The number of nitrogens with zero attached hydrogens (tertiary/aromatic N) is 1. The number of benzene rings is 2. The Morgan fingerprint density at radius 1 is 1.18 bits per heavy atom. The zero-order valence-electron chi connectivity index (χ0n) is 16.9. The summed E-state index contributed by atoms with van der Waals surface area (Å²) in [5, 5.41) is 4.47. The minimum atomic E-state index is -0.173. The summed E-state index contributed by atoms with van der Waals surface area (Å²) in [6, 6.07) is 13.4. The van der Waals surface area contributed by atoms with Crippen LogP contribution in [0.3, 0.4) is 0 Å². The van der Waals surface area contributed by atoms with E-state index in [-0.39, 0.29) is 11.3 Å². The Labute approximate surface area is 170 Å². The van der Waals surface area contributed by atoms with E-state index in [4.69, 9.17) is 21.3 Å². The second kappa shape index (κ2) is 7.80. The standard InChI is InChI=1S/C23H25ClN2O2/c1-14-11-16(18(24)12-19(14)28-5)13-25-22(27)17-8-6-7-15-9-10-20(23(2,3)4)26-21(15)17/h6-12H,13H2,1-5H3,(H,25,27). The first kappa shape index (κ1) is 20.2. The monoisotopic (exact) mass is 396 g/mol. The molecule has 3 aromatic rings. The summed E-state index contributed by atoms with van der Waals surface area (Å²) < 4.78 is 5.28. The Morgan fingerprint density at radius 3 is 2.61 bits per heavy atom. The summed E-state index contributed by atoms with van der Waals surface area (Å²) in [5.41, 5.74) is 3.95. The number of carbonyl (C=O) groups excluding carboxylic acids is 1. The number of ether oxygens (including phenoxy) is 1. The lowest BCUT2D eigenvalue weighted by Crippen LogP contribution is -2.24. The molecule has 2 aromatic carbocycles. The lowest BCUT2D eigenvalue weighted by atomic mass is 9.91. The molecule has 0 fully saturated rings. The highest BCUT2D eigenvalue weighted by molar-refractivity contribution is 6.31. The van der Waals surface area contributed by atoms with Gasteiger partial charge in [0, 0.05) is 28.1 Å². The summed E-state index contributed by atoms with van der Waals surface area (Å²) >= 11 is 6.33. The zero-order chi connectivity index (χ0) is 20.5. The molecule has 1 aromatic heterocycles. The third kappa shape index (κ3) is 4.12. The maximum atomic E-state index is 12.9. The van der Waals surface area contributed by atoms with Crippen LogP contribution in [0.15, 0.2) is 42.5 Å². The van der Waals surface area contributed by atoms with Crippen LogP contribution >= 0.6 is 11.6 Å². The van der Waals surface area contributed by atoms with Crippen LogP contribution in [-0.4, -0.2) is 18.0 Å². The van der Waals surface area contributed by atoms with Gasteiger partial charge in [-0.15, -0.1) is 0 Å². The van der Waals surface area contributed by atoms with Crippen molar-refractivity contribution in [2.75, 3.05) is 7.11 Å². The molecule has 0 bridgehead atoms. The van der Waals surface area contributed by atoms with E-state index in [1.807, 2.05) is 37.3 Å². The van der Waals surface area contributed by atoms with Crippen molar-refractivity contribution >= 4 is 28.4 Å². The molecule has 0 aliphatic heterocycles. The van der Waals surface area contributed by atoms with Gasteiger partial charge >= 0.3 is 0 Å². The van der Waals surface area contributed by atoms with Crippen molar-refractivity contribution in [3.05, 3.63) is 69.9 Å². The number of amides is 1. The van der Waals surface area contributed by atoms with Gasteiger partial charge in [-0.05, 0) is 42.3 Å². The first-order valence-corrected chi connectivity index (χ1v) is 9.60. The Bertz CT molecular complexity index is 1040. The van der Waals surface area contributed by atoms with Gasteiger partial charge in [0.25, 0.3) is 5.91 Å². The number of halogens is 1. The molecule has 5 heteroatoms. The Hall–Kier alpha value is -2.59. The van der Waals surface area contributed by atoms with Crippen molar-refractivity contribution < 1.29 is 9.53 Å². The molecule has 0 spiro atoms. The molecule has 0 saturated heterocycles. The lowest BCUT2D eigenvalue weighted by molar-refractivity contribution is 0.0952. The molecule has 0 unspecified atom stereocenters. The number of aromatic nitrogens is 1. The van der Waals surface area contributed by atoms with E-state index >= 15 is 0 Å². The number of nitrogens with one attached hydrogen (secondary N) is 1. The van der Waals surface area contributed by atoms with Crippen molar-refractivity contribution in [2.24, 2.45) is 0 Å². The van der Waals surface area contributed by atoms with E-state index in [0.29, 0.717) is 22.6 Å². The molecule has 1 N–H and O–H groups in total. The molecule has 0 aliphatic rings. The van der Waals surface area contributed by atoms with Gasteiger partial charge in [0.15, 0.2) is 0 Å². The zero-order valence-corrected chi connectivity index (χ0v) is 17.6. The number of hydrogen-bond acceptors (Lipinski definition) is 3. The molecule has 146 valence electrons. The van der Waals surface area contributed by atoms with Crippen LogP contribution in [-0.2, 0) is 12.0 Å². The van der Waals surface area contributed by atoms with Gasteiger partial charge in [0.05, 0.1) is 18.2 Å². The van der Waals surface area contributed by atoms with Crippen LogP contribution in [0.4, 0.5) is 0 Å². The predicted octanol–water partition coefficient (Wildman–Crippen LogP) is 5.43. The van der Waals surface area contributed by atoms with Gasteiger partial charge in [-0.3, -0.25) is 9.78 Å². The minimum Gasteiger partial charge on any atom is -0.496 e. The number of carbonyl (C=O) groups is 1. The predicted molar refractivity (Wildman–Crippen MR) is 114 cm³/mol. The van der Waals surface area contributed by atoms with Crippen LogP contribution in [0, 0.1) is 6.92 Å². The minimum absolute atomic E-state index is 0.0913. The normalized spacial score (nSPS) is 11.5. The quantitative estimate of drug-likeness (QED) is 0.639. The van der Waals surface area contributed by atoms with Crippen molar-refractivity contribution in [1.29, 1.82) is 0 Å². The van der Waals surface area contributed by atoms with Crippen molar-refractivity contribution in [2.45, 2.75) is 39.7 Å². The number of rotatable bonds is 4. The first-order chi connectivity index (χ1) is 13.2. The molecule has 0 atom stereocenters. The van der Waals surface area contributed by atoms with Gasteiger partial charge in [-0.2, -0.15) is 0 Å². The Morgan fingerprint density at radius 2 is 1.93 bits per heavy atom. The molecule has 0 radical (unpaired) electrons. The number of aryl methyl sites for hydroxylation is 1. The fourth-order valence-corrected chi connectivity index (χ4v) is 3.32. The highest BCUT2D eigenvalue weighted by Gasteiger charge is 2.18. The molecule has 4 nitrogen and oxygen atoms in total. The van der Waals surface area contributed by atoms with E-state index in [0.717, 1.165) is 28.0 Å². The van der Waals surface area contributed by atoms with Gasteiger partial charge in [-0.25, -0.2) is 0 Å². The van der Waals surface area contributed by atoms with Crippen LogP contribution < -0.4 is 10.1 Å². The van der Waals surface area contributed by atoms with E-state index < -0.39 is 0 Å². The SMILES string of the molecule is COc1cc(Cl)c(CNC(=O)c2cccc3ccc(C(C)(C)C)nc23)cc1C. The average molecular weight is 397 g/mol. The molecule has 0 saturated carbocycles. The molecular formula is C23H25ClN2O2. The van der Waals surface area contributed by atoms with E-state index in [9.17, 15) is 4.79 Å². The molecule has 28 heavy (non-hydrogen) atoms. The largest absolute Gasteiger partial charge is 0.496 e. The Kier molecular flexibility index (Phi) is 5.61. The number of methoxy groups -OCH3 is 1. The van der Waals surface area contributed by atoms with Gasteiger partial charge in [-0.1, -0.05) is 50.6 Å². The lowest BCUT2D eigenvalue weighted by Gasteiger charge is -2.18. The summed E-state index contributed by atoms with van der Waals surface area (Å²) in [4.78, 5) is 17.7. The summed E-state index contributed by atoms with van der Waals surface area (Å²) in [5.74, 6) is 0.557. The molecule has 3 rings (SSSR count). The van der Waals surface area contributed by atoms with Crippen LogP contribution in [0.1, 0.15) is 48.0 Å². The number of hydrogen-bond donors (Lipinski definition) is 1. The molecule has 0 aliphatic carbocycles. The number of fused-ring (bicyclic) bond motifs is 1. The van der Waals surface area contributed by atoms with Crippen molar-refractivity contribution in [1.82, 2.24) is 10.3 Å². The van der Waals surface area contributed by atoms with Crippen LogP contribution in [0.2, 0.25) is 5.02 Å². The fourth-order valence-electron chi connectivity index (χ4n) is 3.10. The number of para-hydroxylation sites is 1. The molecular weight excluding hydrogens is 372 g/mol. The number of pyridine rings is 1. The van der Waals surface area contributed by atoms with E-state index in [2.05, 4.69) is 26.1 Å². The smallest absolute Gasteiger partial charge is 0.253 e. The van der Waals surface area contributed by atoms with Gasteiger partial charge < -0.3 is 10.1 Å². The topological polar surface area (TPSA) is 51.2 Å². The summed E-state index contributed by atoms with van der Waals surface area (Å²) in [6.45, 7) is 8.61. The van der Waals surface area contributed by atoms with Gasteiger partial charge in [0.2, 0.25) is 0 Å². The molecule has 1 heterocycles. The summed E-state index contributed by atoms with van der Waals surface area (Å²) in [6.07, 6.45) is 0. The maximum absolute atomic E-state index is 12.9. The second-order valence-corrected chi connectivity index (χ2v) is 8.33. The van der Waals surface area contributed by atoms with Gasteiger partial charge in [0.1, 0.15) is 5.75 Å². The fraction of sp³-hybridized carbons (Fsp3) is 0.304. The van der Waals surface area contributed by atoms with E-state index in [1.165, 1.54) is 0 Å². The third-order valence-electron chi connectivity index (χ3n) is 4.74. The summed E-state index contributed by atoms with van der Waals surface area (Å²) in [7, 11) is 1.61. The highest BCUT2D eigenvalue weighted by atomic mass is 35.5. The van der Waals surface area contributed by atoms with Crippen LogP contribution in [0.5, 0.6) is 5.75 Å². The highest BCUT2D eigenvalue weighted by Crippen LogP contribution is 2.27. The average Bonchev–Trinajstić information content (AvgIpc) is 2.66. The molecule has 1 amide bonds. The van der Waals surface area contributed by atoms with Crippen LogP contribution in [0.25, 0.3) is 10.9 Å².